The minimum Gasteiger partial charge on any atom is -0.496 e. The molecule has 0 spiro atoms. The Morgan fingerprint density at radius 3 is 2.65 bits per heavy atom. The first kappa shape index (κ1) is 13.5. The van der Waals surface area contributed by atoms with E-state index in [1.54, 1.807) is 7.11 Å². The van der Waals surface area contributed by atoms with Gasteiger partial charge in [0.2, 0.25) is 0 Å². The van der Waals surface area contributed by atoms with Crippen LogP contribution in [0.2, 0.25) is 0 Å². The molecular formula is C14H20N2O. The van der Waals surface area contributed by atoms with Gasteiger partial charge in [-0.2, -0.15) is 5.26 Å². The van der Waals surface area contributed by atoms with Crippen molar-refractivity contribution in [2.45, 2.75) is 25.8 Å². The normalized spacial score (nSPS) is 12.2. The molecule has 0 N–H and O–H groups in total. The van der Waals surface area contributed by atoms with Crippen LogP contribution in [0.4, 0.5) is 0 Å². The molecule has 1 aromatic rings. The van der Waals surface area contributed by atoms with Gasteiger partial charge in [0.15, 0.2) is 0 Å². The zero-order chi connectivity index (χ0) is 12.8. The number of aryl methyl sites for hydroxylation is 1. The van der Waals surface area contributed by atoms with E-state index in [-0.39, 0.29) is 6.04 Å². The van der Waals surface area contributed by atoms with Crippen molar-refractivity contribution in [1.82, 2.24) is 4.90 Å². The highest BCUT2D eigenvalue weighted by Gasteiger charge is 2.18. The van der Waals surface area contributed by atoms with Crippen LogP contribution in [-0.4, -0.2) is 26.1 Å². The predicted molar refractivity (Wildman–Crippen MR) is 69.0 cm³/mol. The molecule has 0 radical (unpaired) electrons. The molecule has 1 unspecified atom stereocenters. The first-order chi connectivity index (χ1) is 8.10. The van der Waals surface area contributed by atoms with Gasteiger partial charge in [-0.05, 0) is 33.5 Å². The summed E-state index contributed by atoms with van der Waals surface area (Å²) in [4.78, 5) is 2.13. The van der Waals surface area contributed by atoms with Crippen molar-refractivity contribution in [1.29, 1.82) is 5.26 Å². The molecule has 0 aliphatic rings. The highest BCUT2D eigenvalue weighted by atomic mass is 16.5. The number of rotatable bonds is 5. The fourth-order valence-corrected chi connectivity index (χ4v) is 2.01. The summed E-state index contributed by atoms with van der Waals surface area (Å²) in [5.41, 5.74) is 2.37. The van der Waals surface area contributed by atoms with E-state index in [4.69, 9.17) is 10.00 Å². The molecule has 17 heavy (non-hydrogen) atoms. The fraction of sp³-hybridized carbons (Fsp3) is 0.500. The zero-order valence-corrected chi connectivity index (χ0v) is 11.0. The van der Waals surface area contributed by atoms with Crippen LogP contribution < -0.4 is 4.74 Å². The third kappa shape index (κ3) is 3.47. The highest BCUT2D eigenvalue weighted by molar-refractivity contribution is 5.39. The average Bonchev–Trinajstić information content (AvgIpc) is 2.29. The van der Waals surface area contributed by atoms with Crippen molar-refractivity contribution in [3.05, 3.63) is 29.3 Å². The van der Waals surface area contributed by atoms with Gasteiger partial charge in [0.25, 0.3) is 0 Å². The van der Waals surface area contributed by atoms with Gasteiger partial charge in [-0.3, -0.25) is 0 Å². The second kappa shape index (κ2) is 6.27. The van der Waals surface area contributed by atoms with Crippen molar-refractivity contribution >= 4 is 0 Å². The quantitative estimate of drug-likeness (QED) is 0.783. The molecule has 0 aliphatic carbocycles. The molecule has 0 saturated carbocycles. The lowest BCUT2D eigenvalue weighted by atomic mass is 9.98. The number of nitriles is 1. The van der Waals surface area contributed by atoms with Crippen LogP contribution in [0.15, 0.2) is 18.2 Å². The number of hydrogen-bond donors (Lipinski definition) is 0. The van der Waals surface area contributed by atoms with Crippen LogP contribution in [-0.2, 0) is 0 Å². The van der Waals surface area contributed by atoms with Gasteiger partial charge in [-0.15, -0.1) is 0 Å². The monoisotopic (exact) mass is 232 g/mol. The summed E-state index contributed by atoms with van der Waals surface area (Å²) >= 11 is 0. The number of benzene rings is 1. The molecule has 0 saturated heterocycles. The van der Waals surface area contributed by atoms with Crippen LogP contribution in [0.5, 0.6) is 5.75 Å². The molecule has 0 aromatic heterocycles. The summed E-state index contributed by atoms with van der Waals surface area (Å²) in [6, 6.07) is 8.61. The Labute approximate surface area is 104 Å². The van der Waals surface area contributed by atoms with Crippen molar-refractivity contribution in [2.24, 2.45) is 0 Å². The van der Waals surface area contributed by atoms with E-state index in [0.717, 1.165) is 17.7 Å². The van der Waals surface area contributed by atoms with Crippen LogP contribution in [0.25, 0.3) is 0 Å². The number of nitrogens with zero attached hydrogens (tertiary/aromatic N) is 2. The zero-order valence-electron chi connectivity index (χ0n) is 11.0. The van der Waals surface area contributed by atoms with Gasteiger partial charge in [-0.1, -0.05) is 17.7 Å². The minimum absolute atomic E-state index is 0.226. The maximum atomic E-state index is 8.73. The summed E-state index contributed by atoms with van der Waals surface area (Å²) in [5.74, 6) is 0.896. The molecular weight excluding hydrogens is 212 g/mol. The van der Waals surface area contributed by atoms with Crippen LogP contribution in [0.3, 0.4) is 0 Å². The van der Waals surface area contributed by atoms with E-state index in [1.807, 2.05) is 26.2 Å². The Morgan fingerprint density at radius 1 is 1.41 bits per heavy atom. The van der Waals surface area contributed by atoms with Crippen molar-refractivity contribution in [3.63, 3.8) is 0 Å². The molecule has 0 bridgehead atoms. The third-order valence-corrected chi connectivity index (χ3v) is 2.90. The van der Waals surface area contributed by atoms with Crippen molar-refractivity contribution in [3.8, 4) is 11.8 Å². The van der Waals surface area contributed by atoms with E-state index < -0.39 is 0 Å². The second-order valence-corrected chi connectivity index (χ2v) is 4.42. The number of methoxy groups -OCH3 is 1. The standard InChI is InChI=1S/C14H20N2O/c1-11-7-8-14(17-4)12(10-11)13(16(2)3)6-5-9-15/h7-8,10,13H,5-6H2,1-4H3. The summed E-state index contributed by atoms with van der Waals surface area (Å²) in [5, 5.41) is 8.73. The molecule has 92 valence electrons. The Morgan fingerprint density at radius 2 is 2.12 bits per heavy atom. The van der Waals surface area contributed by atoms with Gasteiger partial charge >= 0.3 is 0 Å². The van der Waals surface area contributed by atoms with Crippen LogP contribution in [0, 0.1) is 18.3 Å². The van der Waals surface area contributed by atoms with E-state index in [9.17, 15) is 0 Å². The van der Waals surface area contributed by atoms with E-state index in [1.165, 1.54) is 5.56 Å². The van der Waals surface area contributed by atoms with E-state index in [0.29, 0.717) is 6.42 Å². The first-order valence-electron chi connectivity index (χ1n) is 5.78. The van der Waals surface area contributed by atoms with Crippen molar-refractivity contribution < 1.29 is 4.74 Å². The average molecular weight is 232 g/mol. The van der Waals surface area contributed by atoms with Gasteiger partial charge in [0.05, 0.1) is 13.2 Å². The van der Waals surface area contributed by atoms with Crippen molar-refractivity contribution in [2.75, 3.05) is 21.2 Å². The largest absolute Gasteiger partial charge is 0.496 e. The molecule has 3 nitrogen and oxygen atoms in total. The molecule has 0 aliphatic heterocycles. The Kier molecular flexibility index (Phi) is 4.99. The van der Waals surface area contributed by atoms with Gasteiger partial charge < -0.3 is 9.64 Å². The lowest BCUT2D eigenvalue weighted by Crippen LogP contribution is -2.20. The van der Waals surface area contributed by atoms with E-state index in [2.05, 4.69) is 24.0 Å². The van der Waals surface area contributed by atoms with Gasteiger partial charge in [-0.25, -0.2) is 0 Å². The summed E-state index contributed by atoms with van der Waals surface area (Å²) in [6.07, 6.45) is 1.38. The van der Waals surface area contributed by atoms with Crippen LogP contribution >= 0.6 is 0 Å². The third-order valence-electron chi connectivity index (χ3n) is 2.90. The highest BCUT2D eigenvalue weighted by Crippen LogP contribution is 2.31. The Balaban J connectivity index is 3.08. The lowest BCUT2D eigenvalue weighted by Gasteiger charge is -2.26. The van der Waals surface area contributed by atoms with Gasteiger partial charge in [0.1, 0.15) is 5.75 Å². The summed E-state index contributed by atoms with van der Waals surface area (Å²) in [7, 11) is 5.75. The molecule has 0 fully saturated rings. The first-order valence-corrected chi connectivity index (χ1v) is 5.78. The Bertz CT molecular complexity index is 407. The fourth-order valence-electron chi connectivity index (χ4n) is 2.01. The topological polar surface area (TPSA) is 36.3 Å². The maximum Gasteiger partial charge on any atom is 0.123 e. The summed E-state index contributed by atoms with van der Waals surface area (Å²) < 4.78 is 5.40. The maximum absolute atomic E-state index is 8.73. The Hall–Kier alpha value is -1.53. The molecule has 1 rings (SSSR count). The smallest absolute Gasteiger partial charge is 0.123 e. The van der Waals surface area contributed by atoms with E-state index >= 15 is 0 Å². The second-order valence-electron chi connectivity index (χ2n) is 4.42. The number of hydrogen-bond acceptors (Lipinski definition) is 3. The SMILES string of the molecule is COc1ccc(C)cc1C(CCC#N)N(C)C. The molecule has 0 amide bonds. The molecule has 0 heterocycles. The molecule has 1 aromatic carbocycles. The summed E-state index contributed by atoms with van der Waals surface area (Å²) in [6.45, 7) is 2.07. The number of ether oxygens (including phenoxy) is 1. The predicted octanol–water partition coefficient (Wildman–Crippen LogP) is 2.91. The molecule has 3 heteroatoms. The van der Waals surface area contributed by atoms with Gasteiger partial charge in [0, 0.05) is 18.0 Å². The minimum atomic E-state index is 0.226. The lowest BCUT2D eigenvalue weighted by molar-refractivity contribution is 0.276. The van der Waals surface area contributed by atoms with Crippen LogP contribution in [0.1, 0.15) is 30.0 Å². The molecule has 1 atom stereocenters.